The second kappa shape index (κ2) is 19.5. The Balaban J connectivity index is 1.36. The van der Waals surface area contributed by atoms with Crippen molar-refractivity contribution < 1.29 is 64.1 Å². The third-order valence-corrected chi connectivity index (χ3v) is 30.6. The van der Waals surface area contributed by atoms with Crippen molar-refractivity contribution in [2.75, 3.05) is 18.9 Å². The number of fused-ring (bicyclic) bond motifs is 5. The van der Waals surface area contributed by atoms with Gasteiger partial charge in [0.1, 0.15) is 53.9 Å². The summed E-state index contributed by atoms with van der Waals surface area (Å²) in [4.78, 5) is 66.9. The molecule has 0 saturated carbocycles. The lowest BCUT2D eigenvalue weighted by Crippen LogP contribution is -2.62. The van der Waals surface area contributed by atoms with Crippen molar-refractivity contribution in [3.63, 3.8) is 0 Å². The normalized spacial score (nSPS) is 30.2. The fraction of sp³-hybridized carbons (Fsp3) is 0.725. The standard InChI is InChI=1S/C40H67FN8O14P2SSi3/c1-21(2)68(54,22(3)4)63-69(23(5)6,24(7)8)62-31-27-17-56-65(53,66)60-30-26(57-39(33(30)61-67(13,14)40(9,10)11)49-20-45-29-34(42)43-18-44-36(29)49)16-55-64(51,52)59-32(31)38(58-27)48-15-25(41)28-35(48)46-19-47(12)37(28)50/h15,18-24,26-27,30-33,38-39,54H,16-17H2,1-14H3,(H,51,52)(H,53,66)(H2,42,43,44)/t26?,27-,30-,31-,32-,33-,38-,39-,65?/m1/s1. The summed E-state index contributed by atoms with van der Waals surface area (Å²) in [6, 6.07) is 0. The van der Waals surface area contributed by atoms with Gasteiger partial charge < -0.3 is 56.4 Å². The van der Waals surface area contributed by atoms with Crippen molar-refractivity contribution in [1.82, 2.24) is 33.6 Å². The van der Waals surface area contributed by atoms with Crippen molar-refractivity contribution in [3.05, 3.63) is 41.3 Å². The molecule has 3 aliphatic rings. The Labute approximate surface area is 408 Å². The third kappa shape index (κ3) is 10.3. The van der Waals surface area contributed by atoms with Crippen molar-refractivity contribution >= 4 is 79.8 Å². The van der Waals surface area contributed by atoms with Crippen LogP contribution in [0, 0.1) is 5.82 Å². The van der Waals surface area contributed by atoms with E-state index in [1.54, 1.807) is 4.57 Å². The Morgan fingerprint density at radius 1 is 0.841 bits per heavy atom. The molecular weight excluding hydrogens is 1010 g/mol. The summed E-state index contributed by atoms with van der Waals surface area (Å²) < 4.78 is 93.7. The van der Waals surface area contributed by atoms with E-state index in [1.807, 2.05) is 89.3 Å². The van der Waals surface area contributed by atoms with Gasteiger partial charge in [-0.25, -0.2) is 28.9 Å². The van der Waals surface area contributed by atoms with Gasteiger partial charge >= 0.3 is 31.7 Å². The molecule has 4 aromatic rings. The molecule has 29 heteroatoms. The molecule has 7 heterocycles. The van der Waals surface area contributed by atoms with Gasteiger partial charge in [0, 0.05) is 13.2 Å². The first-order chi connectivity index (χ1) is 31.8. The SMILES string of the molecule is CC(C)[Si](O)(O[Si](O[C@H]1[C@H]2OP(=O)(O)OCC3O[C@@H](n4cnc5c(N)ncnc54)[C@H](O[Si](C)(C)C(C)(C)C)[C@@H]3OP(O)(=S)OC[C@H]1O[C@H]2n1cc(F)c2c(=O)n(C)cnc21)(C(C)C)C(C)C)C(C)C. The molecule has 3 unspecified atom stereocenters. The number of phosphoric ester groups is 1. The van der Waals surface area contributed by atoms with Crippen molar-refractivity contribution in [1.29, 1.82) is 0 Å². The number of nitrogen functional groups attached to an aromatic ring is 1. The van der Waals surface area contributed by atoms with Crippen LogP contribution in [0.4, 0.5) is 10.2 Å². The van der Waals surface area contributed by atoms with Crippen LogP contribution in [0.2, 0.25) is 40.3 Å². The van der Waals surface area contributed by atoms with Gasteiger partial charge in [0.25, 0.3) is 5.56 Å². The maximum atomic E-state index is 15.9. The second-order valence-corrected chi connectivity index (χ2v) is 38.3. The average Bonchev–Trinajstić information content (AvgIpc) is 3.99. The molecule has 0 aromatic carbocycles. The van der Waals surface area contributed by atoms with E-state index in [0.717, 1.165) is 10.8 Å². The van der Waals surface area contributed by atoms with Crippen molar-refractivity contribution in [3.8, 4) is 0 Å². The molecule has 69 heavy (non-hydrogen) atoms. The Morgan fingerprint density at radius 2 is 1.46 bits per heavy atom. The number of halogens is 1. The fourth-order valence-corrected chi connectivity index (χ4v) is 22.4. The van der Waals surface area contributed by atoms with Gasteiger partial charge in [-0.15, -0.1) is 0 Å². The molecule has 22 nitrogen and oxygen atoms in total. The summed E-state index contributed by atoms with van der Waals surface area (Å²) >= 11 is 5.77. The maximum Gasteiger partial charge on any atom is 0.472 e. The van der Waals surface area contributed by atoms with Gasteiger partial charge in [-0.05, 0) is 52.1 Å². The average molecular weight is 1080 g/mol. The first-order valence-corrected chi connectivity index (χ1v) is 33.9. The number of rotatable bonds is 12. The minimum absolute atomic E-state index is 0.107. The third-order valence-electron chi connectivity index (χ3n) is 13.8. The van der Waals surface area contributed by atoms with E-state index in [-0.39, 0.29) is 55.2 Å². The van der Waals surface area contributed by atoms with E-state index >= 15 is 4.39 Å². The fourth-order valence-electron chi connectivity index (χ4n) is 8.86. The monoisotopic (exact) mass is 1080 g/mol. The molecule has 3 aliphatic heterocycles. The van der Waals surface area contributed by atoms with Crippen LogP contribution in [0.5, 0.6) is 0 Å². The molecule has 3 fully saturated rings. The van der Waals surface area contributed by atoms with Crippen molar-refractivity contribution in [2.24, 2.45) is 7.05 Å². The number of nitrogens with two attached hydrogens (primary N) is 1. The predicted molar refractivity (Wildman–Crippen MR) is 263 cm³/mol. The summed E-state index contributed by atoms with van der Waals surface area (Å²) in [5, 5.41) is -0.745. The van der Waals surface area contributed by atoms with Gasteiger partial charge in [-0.1, -0.05) is 76.2 Å². The van der Waals surface area contributed by atoms with Crippen LogP contribution in [0.1, 0.15) is 88.6 Å². The molecule has 4 aromatic heterocycles. The van der Waals surface area contributed by atoms with Gasteiger partial charge in [-0.3, -0.25) is 22.9 Å². The zero-order chi connectivity index (χ0) is 51.1. The molecule has 0 aliphatic carbocycles. The summed E-state index contributed by atoms with van der Waals surface area (Å²) in [5.41, 5.74) is 4.52. The molecule has 0 radical (unpaired) electrons. The van der Waals surface area contributed by atoms with Crippen LogP contribution in [0.25, 0.3) is 22.2 Å². The zero-order valence-electron chi connectivity index (χ0n) is 41.4. The van der Waals surface area contributed by atoms with Crippen LogP contribution >= 0.6 is 14.5 Å². The minimum Gasteiger partial charge on any atom is -0.414 e. The number of anilines is 1. The summed E-state index contributed by atoms with van der Waals surface area (Å²) in [7, 11) is -14.1. The van der Waals surface area contributed by atoms with E-state index in [9.17, 15) is 23.9 Å². The van der Waals surface area contributed by atoms with Gasteiger partial charge in [-0.2, -0.15) is 0 Å². The Bertz CT molecular complexity index is 2670. The summed E-state index contributed by atoms with van der Waals surface area (Å²) in [6.45, 7) is 19.5. The lowest BCUT2D eigenvalue weighted by molar-refractivity contribution is -0.0645. The highest BCUT2D eigenvalue weighted by Crippen LogP contribution is 2.56. The van der Waals surface area contributed by atoms with Crippen LogP contribution in [0.3, 0.4) is 0 Å². The Kier molecular flexibility index (Phi) is 15.4. The van der Waals surface area contributed by atoms with Crippen LogP contribution < -0.4 is 11.3 Å². The van der Waals surface area contributed by atoms with Crippen molar-refractivity contribution in [2.45, 2.75) is 166 Å². The van der Waals surface area contributed by atoms with Gasteiger partial charge in [0.2, 0.25) is 0 Å². The zero-order valence-corrected chi connectivity index (χ0v) is 47.0. The second-order valence-electron chi connectivity index (χ2n) is 20.7. The number of phosphoric acid groups is 1. The summed E-state index contributed by atoms with van der Waals surface area (Å²) in [5.74, 6) is -0.847. The van der Waals surface area contributed by atoms with E-state index in [2.05, 4.69) is 19.9 Å². The molecule has 0 spiro atoms. The molecule has 7 rings (SSSR count). The van der Waals surface area contributed by atoms with Gasteiger partial charge in [0.05, 0.1) is 25.9 Å². The molecule has 0 amide bonds. The van der Waals surface area contributed by atoms with Crippen LogP contribution in [-0.4, -0.2) is 123 Å². The van der Waals surface area contributed by atoms with E-state index in [0.29, 0.717) is 0 Å². The smallest absolute Gasteiger partial charge is 0.414 e. The topological polar surface area (TPSA) is 270 Å². The number of nitrogens with zero attached hydrogens (tertiary/aromatic N) is 7. The largest absolute Gasteiger partial charge is 0.472 e. The molecule has 10 atom stereocenters. The molecule has 386 valence electrons. The Morgan fingerprint density at radius 3 is 2.07 bits per heavy atom. The highest BCUT2D eigenvalue weighted by Gasteiger charge is 2.61. The molecule has 2 bridgehead atoms. The number of ether oxygens (including phenoxy) is 2. The lowest BCUT2D eigenvalue weighted by atomic mass is 10.1. The highest BCUT2D eigenvalue weighted by atomic mass is 32.5. The predicted octanol–water partition coefficient (Wildman–Crippen LogP) is 6.53. The van der Waals surface area contributed by atoms with Crippen LogP contribution in [-0.2, 0) is 64.0 Å². The first kappa shape index (κ1) is 54.5. The van der Waals surface area contributed by atoms with E-state index in [4.69, 9.17) is 58.1 Å². The number of aromatic nitrogens is 7. The van der Waals surface area contributed by atoms with E-state index < -0.39 is 114 Å². The first-order valence-electron chi connectivity index (χ1n) is 22.9. The maximum absolute atomic E-state index is 15.9. The summed E-state index contributed by atoms with van der Waals surface area (Å²) in [6.07, 6.45) is -5.98. The number of imidazole rings is 1. The minimum atomic E-state index is -5.31. The van der Waals surface area contributed by atoms with E-state index in [1.165, 1.54) is 30.6 Å². The van der Waals surface area contributed by atoms with Crippen LogP contribution in [0.15, 0.2) is 30.0 Å². The lowest BCUT2D eigenvalue weighted by Gasteiger charge is -2.47. The number of hydrogen-bond acceptors (Lipinski definition) is 18. The quantitative estimate of drug-likeness (QED) is 0.0867. The number of hydrogen-bond donors (Lipinski definition) is 4. The molecule has 3 saturated heterocycles. The van der Waals surface area contributed by atoms with Gasteiger partial charge in [0.15, 0.2) is 43.7 Å². The number of aryl methyl sites for hydroxylation is 1. The molecule has 5 N–H and O–H groups in total. The Hall–Kier alpha value is -2.25. The molecular formula is C40H67FN8O14P2SSi3. The highest BCUT2D eigenvalue weighted by molar-refractivity contribution is 8.07.